The Morgan fingerprint density at radius 3 is 2.60 bits per heavy atom. The molecule has 0 bridgehead atoms. The zero-order chi connectivity index (χ0) is 11.2. The van der Waals surface area contributed by atoms with Crippen molar-refractivity contribution >= 4 is 5.97 Å². The Kier molecular flexibility index (Phi) is 2.51. The third-order valence-electron chi connectivity index (χ3n) is 3.86. The van der Waals surface area contributed by atoms with E-state index in [0.29, 0.717) is 25.0 Å². The van der Waals surface area contributed by atoms with Crippen molar-refractivity contribution in [3.63, 3.8) is 0 Å². The van der Waals surface area contributed by atoms with Crippen LogP contribution in [0.4, 0.5) is 0 Å². The highest BCUT2D eigenvalue weighted by Crippen LogP contribution is 2.40. The largest absolute Gasteiger partial charge is 0.481 e. The molecular formula is C11H19NO3. The molecule has 3 atom stereocenters. The number of aliphatic hydroxyl groups is 1. The molecular weight excluding hydrogens is 194 g/mol. The van der Waals surface area contributed by atoms with E-state index in [0.717, 1.165) is 0 Å². The van der Waals surface area contributed by atoms with Gasteiger partial charge in [0.25, 0.3) is 0 Å². The lowest BCUT2D eigenvalue weighted by Crippen LogP contribution is -2.43. The molecule has 1 saturated carbocycles. The van der Waals surface area contributed by atoms with Crippen molar-refractivity contribution in [1.82, 2.24) is 4.90 Å². The minimum Gasteiger partial charge on any atom is -0.481 e. The van der Waals surface area contributed by atoms with Gasteiger partial charge in [0.1, 0.15) is 0 Å². The first-order chi connectivity index (χ1) is 6.94. The Balaban J connectivity index is 2.07. The second-order valence-corrected chi connectivity index (χ2v) is 5.12. The van der Waals surface area contributed by atoms with Crippen LogP contribution in [-0.2, 0) is 4.79 Å². The van der Waals surface area contributed by atoms with Crippen molar-refractivity contribution in [2.24, 2.45) is 5.92 Å². The lowest BCUT2D eigenvalue weighted by atomic mass is 9.87. The summed E-state index contributed by atoms with van der Waals surface area (Å²) in [5.41, 5.74) is -1.03. The van der Waals surface area contributed by atoms with Gasteiger partial charge in [-0.15, -0.1) is 0 Å². The van der Waals surface area contributed by atoms with E-state index in [1.807, 2.05) is 0 Å². The van der Waals surface area contributed by atoms with Crippen molar-refractivity contribution in [3.05, 3.63) is 0 Å². The molecule has 1 aliphatic heterocycles. The van der Waals surface area contributed by atoms with Crippen LogP contribution in [0.2, 0.25) is 0 Å². The fourth-order valence-corrected chi connectivity index (χ4v) is 2.60. The van der Waals surface area contributed by atoms with Gasteiger partial charge in [0.15, 0.2) is 0 Å². The smallest absolute Gasteiger partial charge is 0.309 e. The van der Waals surface area contributed by atoms with Gasteiger partial charge in [-0.3, -0.25) is 9.69 Å². The molecule has 0 amide bonds. The predicted molar refractivity (Wildman–Crippen MR) is 55.6 cm³/mol. The molecule has 2 N–H and O–H groups in total. The van der Waals surface area contributed by atoms with Crippen LogP contribution in [-0.4, -0.2) is 45.3 Å². The van der Waals surface area contributed by atoms with Crippen molar-refractivity contribution in [2.75, 3.05) is 6.54 Å². The molecule has 4 nitrogen and oxygen atoms in total. The van der Waals surface area contributed by atoms with E-state index >= 15 is 0 Å². The fourth-order valence-electron chi connectivity index (χ4n) is 2.60. The molecule has 86 valence electrons. The molecule has 2 rings (SSSR count). The van der Waals surface area contributed by atoms with Crippen LogP contribution < -0.4 is 0 Å². The van der Waals surface area contributed by atoms with Gasteiger partial charge < -0.3 is 10.2 Å². The van der Waals surface area contributed by atoms with E-state index in [9.17, 15) is 9.90 Å². The maximum Gasteiger partial charge on any atom is 0.309 e. The molecule has 1 saturated heterocycles. The quantitative estimate of drug-likeness (QED) is 0.724. The van der Waals surface area contributed by atoms with Crippen LogP contribution in [0.5, 0.6) is 0 Å². The Morgan fingerprint density at radius 2 is 2.13 bits per heavy atom. The number of hydrogen-bond donors (Lipinski definition) is 2. The number of carboxylic acids is 1. The molecule has 1 heterocycles. The first-order valence-corrected chi connectivity index (χ1v) is 5.65. The lowest BCUT2D eigenvalue weighted by molar-refractivity contribution is -0.150. The van der Waals surface area contributed by atoms with Crippen molar-refractivity contribution in [2.45, 2.75) is 50.8 Å². The minimum atomic E-state index is -1.03. The third-order valence-corrected chi connectivity index (χ3v) is 3.86. The van der Waals surface area contributed by atoms with Crippen LogP contribution in [0.25, 0.3) is 0 Å². The molecule has 3 unspecified atom stereocenters. The first-order valence-electron chi connectivity index (χ1n) is 5.65. The molecule has 0 aromatic rings. The number of carboxylic acid groups (broad SMARTS) is 1. The Bertz CT molecular complexity index is 277. The van der Waals surface area contributed by atoms with Gasteiger partial charge in [0.05, 0.1) is 11.5 Å². The van der Waals surface area contributed by atoms with Gasteiger partial charge in [-0.2, -0.15) is 0 Å². The highest BCUT2D eigenvalue weighted by atomic mass is 16.4. The van der Waals surface area contributed by atoms with Crippen LogP contribution in [0, 0.1) is 5.92 Å². The molecule has 2 fully saturated rings. The molecule has 4 heteroatoms. The number of rotatable bonds is 3. The zero-order valence-corrected chi connectivity index (χ0v) is 9.31. The van der Waals surface area contributed by atoms with E-state index in [1.54, 1.807) is 6.92 Å². The third kappa shape index (κ3) is 1.88. The summed E-state index contributed by atoms with van der Waals surface area (Å²) < 4.78 is 0. The SMILES string of the molecule is CC1CC(O)(C(C)C(=O)O)CN1C1CC1. The Hall–Kier alpha value is -0.610. The maximum atomic E-state index is 10.9. The van der Waals surface area contributed by atoms with Gasteiger partial charge in [0, 0.05) is 18.6 Å². The highest BCUT2D eigenvalue weighted by molar-refractivity contribution is 5.71. The Labute approximate surface area is 89.9 Å². The molecule has 0 aromatic carbocycles. The number of β-amino-alcohol motifs (C(OH)–C–C–N with tert-alkyl or cyclic N) is 1. The Morgan fingerprint density at radius 1 is 1.53 bits per heavy atom. The monoisotopic (exact) mass is 213 g/mol. The van der Waals surface area contributed by atoms with Gasteiger partial charge in [0.2, 0.25) is 0 Å². The number of likely N-dealkylation sites (tertiary alicyclic amines) is 1. The second kappa shape index (κ2) is 3.46. The molecule has 0 aromatic heterocycles. The zero-order valence-electron chi connectivity index (χ0n) is 9.31. The second-order valence-electron chi connectivity index (χ2n) is 5.12. The highest BCUT2D eigenvalue weighted by Gasteiger charge is 2.50. The summed E-state index contributed by atoms with van der Waals surface area (Å²) in [5.74, 6) is -1.58. The van der Waals surface area contributed by atoms with E-state index < -0.39 is 17.5 Å². The molecule has 2 aliphatic rings. The van der Waals surface area contributed by atoms with Gasteiger partial charge >= 0.3 is 5.97 Å². The predicted octanol–water partition coefficient (Wildman–Crippen LogP) is 0.695. The summed E-state index contributed by atoms with van der Waals surface area (Å²) >= 11 is 0. The van der Waals surface area contributed by atoms with E-state index in [2.05, 4.69) is 11.8 Å². The number of carbonyl (C=O) groups is 1. The van der Waals surface area contributed by atoms with Crippen LogP contribution in [0.3, 0.4) is 0 Å². The normalized spacial score (nSPS) is 39.3. The summed E-state index contributed by atoms with van der Waals surface area (Å²) in [5, 5.41) is 19.3. The van der Waals surface area contributed by atoms with Gasteiger partial charge in [-0.25, -0.2) is 0 Å². The van der Waals surface area contributed by atoms with Crippen molar-refractivity contribution < 1.29 is 15.0 Å². The summed E-state index contributed by atoms with van der Waals surface area (Å²) in [6.45, 7) is 4.20. The van der Waals surface area contributed by atoms with Gasteiger partial charge in [-0.1, -0.05) is 0 Å². The summed E-state index contributed by atoms with van der Waals surface area (Å²) in [7, 11) is 0. The maximum absolute atomic E-state index is 10.9. The van der Waals surface area contributed by atoms with E-state index in [-0.39, 0.29) is 0 Å². The molecule has 0 radical (unpaired) electrons. The van der Waals surface area contributed by atoms with E-state index in [4.69, 9.17) is 5.11 Å². The average Bonchev–Trinajstić information content (AvgIpc) is 2.92. The van der Waals surface area contributed by atoms with Crippen LogP contribution in [0.15, 0.2) is 0 Å². The topological polar surface area (TPSA) is 60.8 Å². The van der Waals surface area contributed by atoms with Gasteiger partial charge in [-0.05, 0) is 33.1 Å². The average molecular weight is 213 g/mol. The standard InChI is InChI=1S/C11H19NO3/c1-7-5-11(15,8(2)10(13)14)6-12(7)9-3-4-9/h7-9,15H,3-6H2,1-2H3,(H,13,14). The summed E-state index contributed by atoms with van der Waals surface area (Å²) in [6, 6.07) is 0.902. The lowest BCUT2D eigenvalue weighted by Gasteiger charge is -2.27. The van der Waals surface area contributed by atoms with E-state index in [1.165, 1.54) is 12.8 Å². The molecule has 1 aliphatic carbocycles. The number of nitrogens with zero attached hydrogens (tertiary/aromatic N) is 1. The molecule has 15 heavy (non-hydrogen) atoms. The van der Waals surface area contributed by atoms with Crippen molar-refractivity contribution in [1.29, 1.82) is 0 Å². The fraction of sp³-hybridized carbons (Fsp3) is 0.909. The summed E-state index contributed by atoms with van der Waals surface area (Å²) in [4.78, 5) is 13.2. The van der Waals surface area contributed by atoms with Crippen LogP contribution >= 0.6 is 0 Å². The first kappa shape index (κ1) is 10.9. The molecule has 0 spiro atoms. The minimum absolute atomic E-state index is 0.310. The van der Waals surface area contributed by atoms with Crippen LogP contribution in [0.1, 0.15) is 33.1 Å². The summed E-state index contributed by atoms with van der Waals surface area (Å²) in [6.07, 6.45) is 2.97. The van der Waals surface area contributed by atoms with Crippen molar-refractivity contribution in [3.8, 4) is 0 Å². The number of aliphatic carboxylic acids is 1. The number of hydrogen-bond acceptors (Lipinski definition) is 3.